The van der Waals surface area contributed by atoms with Crippen LogP contribution in [0.2, 0.25) is 0 Å². The second-order valence-electron chi connectivity index (χ2n) is 2.83. The molecule has 0 aliphatic rings. The molecule has 1 atom stereocenters. The minimum absolute atomic E-state index is 0.263. The van der Waals surface area contributed by atoms with Gasteiger partial charge in [-0.25, -0.2) is 0 Å². The largest absolute Gasteiger partial charge is 0.468 e. The molecular weight excluding hydrogens is 246 g/mol. The zero-order valence-corrected chi connectivity index (χ0v) is 10.7. The number of nitrogens with one attached hydrogen (secondary N) is 1. The zero-order valence-electron chi connectivity index (χ0n) is 9.10. The first kappa shape index (κ1) is 13.0. The number of ether oxygens (including phenoxy) is 1. The predicted molar refractivity (Wildman–Crippen MR) is 65.9 cm³/mol. The Balaban J connectivity index is 2.51. The van der Waals surface area contributed by atoms with Crippen LogP contribution in [-0.4, -0.2) is 35.1 Å². The van der Waals surface area contributed by atoms with E-state index in [1.54, 1.807) is 13.0 Å². The number of carbonyl (C=O) groups is 1. The average molecular weight is 259 g/mol. The van der Waals surface area contributed by atoms with Crippen molar-refractivity contribution in [3.8, 4) is 0 Å². The fourth-order valence-corrected chi connectivity index (χ4v) is 2.78. The standard InChI is InChI=1S/C9H13N3O2S2/c1-4-5-10-8-11-12-9(16-8)15-6(2)7(13)14-3/h4,6H,1,5H2,2-3H3,(H,10,11). The van der Waals surface area contributed by atoms with Crippen LogP contribution in [0.15, 0.2) is 17.0 Å². The molecule has 1 aromatic heterocycles. The molecule has 7 heteroatoms. The maximum Gasteiger partial charge on any atom is 0.318 e. The summed E-state index contributed by atoms with van der Waals surface area (Å²) in [6.07, 6.45) is 1.74. The molecule has 0 spiro atoms. The van der Waals surface area contributed by atoms with Crippen LogP contribution >= 0.6 is 23.1 Å². The molecule has 0 radical (unpaired) electrons. The van der Waals surface area contributed by atoms with Gasteiger partial charge in [0, 0.05) is 6.54 Å². The number of nitrogens with zero attached hydrogens (tertiary/aromatic N) is 2. The molecule has 1 aromatic rings. The van der Waals surface area contributed by atoms with Crippen LogP contribution in [0, 0.1) is 0 Å². The summed E-state index contributed by atoms with van der Waals surface area (Å²) >= 11 is 2.74. The summed E-state index contributed by atoms with van der Waals surface area (Å²) in [5.74, 6) is -0.263. The Bertz CT molecular complexity index is 367. The molecule has 1 N–H and O–H groups in total. The number of methoxy groups -OCH3 is 1. The lowest BCUT2D eigenvalue weighted by molar-refractivity contribution is -0.139. The van der Waals surface area contributed by atoms with Gasteiger partial charge < -0.3 is 10.1 Å². The minimum Gasteiger partial charge on any atom is -0.468 e. The number of esters is 1. The van der Waals surface area contributed by atoms with Crippen molar-refractivity contribution in [2.24, 2.45) is 0 Å². The third-order valence-corrected chi connectivity index (χ3v) is 3.66. The van der Waals surface area contributed by atoms with E-state index in [-0.39, 0.29) is 11.2 Å². The van der Waals surface area contributed by atoms with Crippen LogP contribution in [0.25, 0.3) is 0 Å². The van der Waals surface area contributed by atoms with Gasteiger partial charge in [-0.1, -0.05) is 29.2 Å². The summed E-state index contributed by atoms with van der Waals surface area (Å²) in [6, 6.07) is 0. The molecule has 0 saturated heterocycles. The summed E-state index contributed by atoms with van der Waals surface area (Å²) in [5.41, 5.74) is 0. The molecule has 0 fully saturated rings. The molecule has 5 nitrogen and oxygen atoms in total. The number of hydrogen-bond donors (Lipinski definition) is 1. The Morgan fingerprint density at radius 1 is 1.75 bits per heavy atom. The van der Waals surface area contributed by atoms with Crippen molar-refractivity contribution in [2.45, 2.75) is 16.5 Å². The quantitative estimate of drug-likeness (QED) is 0.477. The van der Waals surface area contributed by atoms with Gasteiger partial charge in [0.05, 0.1) is 7.11 Å². The van der Waals surface area contributed by atoms with Crippen LogP contribution in [0.4, 0.5) is 5.13 Å². The summed E-state index contributed by atoms with van der Waals surface area (Å²) < 4.78 is 5.36. The van der Waals surface area contributed by atoms with Crippen LogP contribution in [0.1, 0.15) is 6.92 Å². The van der Waals surface area contributed by atoms with Crippen LogP contribution in [0.3, 0.4) is 0 Å². The number of thioether (sulfide) groups is 1. The van der Waals surface area contributed by atoms with E-state index >= 15 is 0 Å². The van der Waals surface area contributed by atoms with Gasteiger partial charge in [-0.3, -0.25) is 4.79 Å². The Morgan fingerprint density at radius 2 is 2.50 bits per heavy atom. The van der Waals surface area contributed by atoms with Crippen molar-refractivity contribution in [1.29, 1.82) is 0 Å². The van der Waals surface area contributed by atoms with Gasteiger partial charge in [0.1, 0.15) is 5.25 Å². The van der Waals surface area contributed by atoms with Crippen molar-refractivity contribution in [2.75, 3.05) is 19.0 Å². The first-order valence-corrected chi connectivity index (χ1v) is 6.29. The van der Waals surface area contributed by atoms with Gasteiger partial charge in [0.25, 0.3) is 0 Å². The second kappa shape index (κ2) is 6.49. The Kier molecular flexibility index (Phi) is 5.27. The van der Waals surface area contributed by atoms with Gasteiger partial charge in [-0.2, -0.15) is 0 Å². The van der Waals surface area contributed by atoms with Gasteiger partial charge >= 0.3 is 5.97 Å². The van der Waals surface area contributed by atoms with E-state index in [0.29, 0.717) is 6.54 Å². The molecule has 0 saturated carbocycles. The summed E-state index contributed by atoms with van der Waals surface area (Å²) in [4.78, 5) is 11.2. The lowest BCUT2D eigenvalue weighted by Crippen LogP contribution is -2.14. The van der Waals surface area contributed by atoms with Crippen molar-refractivity contribution in [1.82, 2.24) is 10.2 Å². The fourth-order valence-electron chi connectivity index (χ4n) is 0.854. The number of anilines is 1. The maximum atomic E-state index is 11.2. The highest BCUT2D eigenvalue weighted by molar-refractivity contribution is 8.02. The molecule has 0 aliphatic carbocycles. The lowest BCUT2D eigenvalue weighted by atomic mass is 10.5. The van der Waals surface area contributed by atoms with Crippen LogP contribution in [0.5, 0.6) is 0 Å². The highest BCUT2D eigenvalue weighted by atomic mass is 32.2. The van der Waals surface area contributed by atoms with E-state index in [4.69, 9.17) is 0 Å². The van der Waals surface area contributed by atoms with Crippen molar-refractivity contribution >= 4 is 34.2 Å². The highest BCUT2D eigenvalue weighted by Crippen LogP contribution is 2.29. The van der Waals surface area contributed by atoms with E-state index in [2.05, 4.69) is 26.8 Å². The number of rotatable bonds is 6. The maximum absolute atomic E-state index is 11.2. The molecule has 0 amide bonds. The SMILES string of the molecule is C=CCNc1nnc(SC(C)C(=O)OC)s1. The lowest BCUT2D eigenvalue weighted by Gasteiger charge is -2.04. The van der Waals surface area contributed by atoms with E-state index in [0.717, 1.165) is 9.47 Å². The molecule has 0 aromatic carbocycles. The van der Waals surface area contributed by atoms with E-state index in [1.807, 2.05) is 0 Å². The highest BCUT2D eigenvalue weighted by Gasteiger charge is 2.17. The Hall–Kier alpha value is -1.08. The third kappa shape index (κ3) is 3.82. The van der Waals surface area contributed by atoms with Crippen molar-refractivity contribution in [3.63, 3.8) is 0 Å². The van der Waals surface area contributed by atoms with E-state index in [9.17, 15) is 4.79 Å². The zero-order chi connectivity index (χ0) is 12.0. The van der Waals surface area contributed by atoms with Gasteiger partial charge in [-0.15, -0.1) is 16.8 Å². The topological polar surface area (TPSA) is 64.1 Å². The van der Waals surface area contributed by atoms with Gasteiger partial charge in [0.2, 0.25) is 5.13 Å². The molecule has 16 heavy (non-hydrogen) atoms. The third-order valence-electron chi connectivity index (χ3n) is 1.61. The molecule has 88 valence electrons. The number of carbonyl (C=O) groups excluding carboxylic acids is 1. The van der Waals surface area contributed by atoms with Gasteiger partial charge in [0.15, 0.2) is 4.34 Å². The van der Waals surface area contributed by atoms with Crippen molar-refractivity contribution in [3.05, 3.63) is 12.7 Å². The Labute approximate surface area is 102 Å². The summed E-state index contributed by atoms with van der Waals surface area (Å²) in [6.45, 7) is 6.01. The average Bonchev–Trinajstić information content (AvgIpc) is 2.72. The molecule has 1 rings (SSSR count). The van der Waals surface area contributed by atoms with Gasteiger partial charge in [-0.05, 0) is 6.92 Å². The number of hydrogen-bond acceptors (Lipinski definition) is 7. The summed E-state index contributed by atoms with van der Waals surface area (Å²) in [7, 11) is 1.37. The van der Waals surface area contributed by atoms with Crippen molar-refractivity contribution < 1.29 is 9.53 Å². The van der Waals surface area contributed by atoms with Crippen LogP contribution in [-0.2, 0) is 9.53 Å². The monoisotopic (exact) mass is 259 g/mol. The number of aromatic nitrogens is 2. The fraction of sp³-hybridized carbons (Fsp3) is 0.444. The molecular formula is C9H13N3O2S2. The normalized spacial score (nSPS) is 11.9. The first-order valence-electron chi connectivity index (χ1n) is 4.60. The molecule has 0 bridgehead atoms. The molecule has 1 heterocycles. The summed E-state index contributed by atoms with van der Waals surface area (Å²) in [5, 5.41) is 11.4. The molecule has 0 aliphatic heterocycles. The molecule has 1 unspecified atom stereocenters. The second-order valence-corrected chi connectivity index (χ2v) is 5.39. The van der Waals surface area contributed by atoms with E-state index in [1.165, 1.54) is 30.2 Å². The first-order chi connectivity index (χ1) is 7.67. The van der Waals surface area contributed by atoms with E-state index < -0.39 is 0 Å². The predicted octanol–water partition coefficient (Wildman–Crippen LogP) is 1.79. The van der Waals surface area contributed by atoms with Crippen LogP contribution < -0.4 is 5.32 Å². The Morgan fingerprint density at radius 3 is 3.12 bits per heavy atom. The smallest absolute Gasteiger partial charge is 0.318 e. The minimum atomic E-state index is -0.273.